The quantitative estimate of drug-likeness (QED) is 0.281. The summed E-state index contributed by atoms with van der Waals surface area (Å²) >= 11 is 1.52. The van der Waals surface area contributed by atoms with Gasteiger partial charge in [0.1, 0.15) is 0 Å². The molecular formula is C26H24N4O5S3. The molecular weight excluding hydrogens is 545 g/mol. The van der Waals surface area contributed by atoms with Crippen molar-refractivity contribution >= 4 is 54.8 Å². The summed E-state index contributed by atoms with van der Waals surface area (Å²) in [5.74, 6) is -0.432. The van der Waals surface area contributed by atoms with Crippen LogP contribution >= 0.6 is 11.8 Å². The van der Waals surface area contributed by atoms with E-state index in [4.69, 9.17) is 0 Å². The molecule has 0 aliphatic heterocycles. The molecule has 1 amide bonds. The number of pyridine rings is 1. The number of benzene rings is 3. The van der Waals surface area contributed by atoms with Crippen LogP contribution in [-0.4, -0.2) is 41.0 Å². The van der Waals surface area contributed by atoms with Crippen LogP contribution in [0, 0.1) is 0 Å². The summed E-state index contributed by atoms with van der Waals surface area (Å²) in [4.78, 5) is 17.7. The molecule has 0 fully saturated rings. The topological polar surface area (TPSA) is 126 Å². The van der Waals surface area contributed by atoms with Crippen molar-refractivity contribution in [3.63, 3.8) is 0 Å². The van der Waals surface area contributed by atoms with Crippen molar-refractivity contribution in [3.05, 3.63) is 103 Å². The highest BCUT2D eigenvalue weighted by atomic mass is 32.2. The van der Waals surface area contributed by atoms with Crippen LogP contribution in [0.3, 0.4) is 0 Å². The number of nitrogens with one attached hydrogen (secondary N) is 2. The number of carbonyl (C=O) groups is 1. The van der Waals surface area contributed by atoms with E-state index in [9.17, 15) is 21.6 Å². The molecule has 2 N–H and O–H groups in total. The molecule has 0 aliphatic carbocycles. The summed E-state index contributed by atoms with van der Waals surface area (Å²) in [6.45, 7) is 0. The Bertz CT molecular complexity index is 1630. The molecule has 0 spiro atoms. The van der Waals surface area contributed by atoms with Gasteiger partial charge >= 0.3 is 0 Å². The molecule has 4 aromatic rings. The zero-order valence-corrected chi connectivity index (χ0v) is 22.8. The first kappa shape index (κ1) is 27.2. The maximum atomic E-state index is 13.0. The molecule has 0 atom stereocenters. The largest absolute Gasteiger partial charge is 0.322 e. The van der Waals surface area contributed by atoms with E-state index in [0.29, 0.717) is 22.6 Å². The fraction of sp³-hybridized carbons (Fsp3) is 0.0769. The fourth-order valence-corrected chi connectivity index (χ4v) is 6.07. The highest BCUT2D eigenvalue weighted by Crippen LogP contribution is 2.25. The Morgan fingerprint density at radius 1 is 0.816 bits per heavy atom. The number of amides is 1. The first-order valence-corrected chi connectivity index (χ1v) is 15.3. The molecule has 3 aromatic carbocycles. The van der Waals surface area contributed by atoms with Gasteiger partial charge in [0.15, 0.2) is 0 Å². The van der Waals surface area contributed by atoms with E-state index in [-0.39, 0.29) is 9.79 Å². The van der Waals surface area contributed by atoms with Crippen molar-refractivity contribution in [2.24, 2.45) is 0 Å². The van der Waals surface area contributed by atoms with E-state index in [0.717, 1.165) is 9.20 Å². The summed E-state index contributed by atoms with van der Waals surface area (Å²) in [6.07, 6.45) is 4.85. The molecule has 0 unspecified atom stereocenters. The Balaban J connectivity index is 1.42. The highest BCUT2D eigenvalue weighted by molar-refractivity contribution is 7.98. The highest BCUT2D eigenvalue weighted by Gasteiger charge is 2.21. The van der Waals surface area contributed by atoms with Gasteiger partial charge in [-0.25, -0.2) is 16.8 Å². The molecule has 0 bridgehead atoms. The summed E-state index contributed by atoms with van der Waals surface area (Å²) in [5, 5.41) is 2.70. The second kappa shape index (κ2) is 11.3. The number of rotatable bonds is 9. The van der Waals surface area contributed by atoms with Crippen LogP contribution < -0.4 is 14.3 Å². The minimum atomic E-state index is -3.82. The van der Waals surface area contributed by atoms with Crippen LogP contribution in [0.2, 0.25) is 0 Å². The van der Waals surface area contributed by atoms with Crippen LogP contribution in [-0.2, 0) is 20.0 Å². The second-order valence-corrected chi connectivity index (χ2v) is 12.6. The summed E-state index contributed by atoms with van der Waals surface area (Å²) in [6, 6.07) is 21.7. The molecule has 0 saturated heterocycles. The third-order valence-electron chi connectivity index (χ3n) is 5.55. The molecule has 38 heavy (non-hydrogen) atoms. The number of anilines is 3. The van der Waals surface area contributed by atoms with Gasteiger partial charge in [-0.3, -0.25) is 18.8 Å². The Morgan fingerprint density at radius 3 is 2.03 bits per heavy atom. The lowest BCUT2D eigenvalue weighted by atomic mass is 10.2. The number of aromatic nitrogens is 1. The standard InChI is InChI=1S/C26H24N4O5S3/c1-30(38(34,35)25-15-11-23(36-2)12-16-25)22-9-5-19(6-10-22)26(31)28-20-7-13-24(14-8-20)37(32,33)29-21-4-3-17-27-18-21/h3-18,29H,1-2H3,(H,28,31). The lowest BCUT2D eigenvalue weighted by Crippen LogP contribution is -2.26. The Labute approximate surface area is 226 Å². The van der Waals surface area contributed by atoms with Crippen LogP contribution in [0.4, 0.5) is 17.1 Å². The molecule has 0 aliphatic rings. The summed E-state index contributed by atoms with van der Waals surface area (Å²) in [5.41, 5.74) is 1.43. The molecule has 9 nitrogen and oxygen atoms in total. The van der Waals surface area contributed by atoms with Gasteiger partial charge in [-0.05, 0) is 91.2 Å². The summed E-state index contributed by atoms with van der Waals surface area (Å²) < 4.78 is 54.7. The van der Waals surface area contributed by atoms with E-state index in [1.54, 1.807) is 48.5 Å². The van der Waals surface area contributed by atoms with Gasteiger partial charge in [0.25, 0.3) is 26.0 Å². The first-order chi connectivity index (χ1) is 18.1. The number of thioether (sulfide) groups is 1. The normalized spacial score (nSPS) is 11.5. The average molecular weight is 569 g/mol. The monoisotopic (exact) mass is 568 g/mol. The second-order valence-electron chi connectivity index (χ2n) is 8.02. The molecule has 0 radical (unpaired) electrons. The average Bonchev–Trinajstić information content (AvgIpc) is 2.93. The third-order valence-corrected chi connectivity index (χ3v) is 9.49. The lowest BCUT2D eigenvalue weighted by Gasteiger charge is -2.20. The maximum absolute atomic E-state index is 13.0. The van der Waals surface area contributed by atoms with Crippen molar-refractivity contribution in [3.8, 4) is 0 Å². The number of sulfonamides is 2. The van der Waals surface area contributed by atoms with Crippen LogP contribution in [0.1, 0.15) is 10.4 Å². The Hall–Kier alpha value is -3.87. The molecule has 196 valence electrons. The minimum Gasteiger partial charge on any atom is -0.322 e. The van der Waals surface area contributed by atoms with Gasteiger partial charge in [-0.1, -0.05) is 0 Å². The van der Waals surface area contributed by atoms with E-state index < -0.39 is 26.0 Å². The van der Waals surface area contributed by atoms with Crippen molar-refractivity contribution in [2.75, 3.05) is 27.6 Å². The molecule has 12 heteroatoms. The van der Waals surface area contributed by atoms with Gasteiger partial charge in [-0.15, -0.1) is 11.8 Å². The maximum Gasteiger partial charge on any atom is 0.264 e. The van der Waals surface area contributed by atoms with Crippen molar-refractivity contribution in [1.29, 1.82) is 0 Å². The molecule has 4 rings (SSSR count). The summed E-state index contributed by atoms with van der Waals surface area (Å²) in [7, 11) is -6.14. The van der Waals surface area contributed by atoms with Crippen LogP contribution in [0.5, 0.6) is 0 Å². The molecule has 1 heterocycles. The van der Waals surface area contributed by atoms with E-state index in [2.05, 4.69) is 15.0 Å². The van der Waals surface area contributed by atoms with E-state index >= 15 is 0 Å². The van der Waals surface area contributed by atoms with Crippen LogP contribution in [0.15, 0.2) is 112 Å². The fourth-order valence-electron chi connectivity index (χ4n) is 3.43. The van der Waals surface area contributed by atoms with E-state index in [1.165, 1.54) is 67.6 Å². The first-order valence-electron chi connectivity index (χ1n) is 11.2. The number of nitrogens with zero attached hydrogens (tertiary/aromatic N) is 2. The van der Waals surface area contributed by atoms with E-state index in [1.807, 2.05) is 6.26 Å². The Morgan fingerprint density at radius 2 is 1.45 bits per heavy atom. The minimum absolute atomic E-state index is 0.0241. The smallest absolute Gasteiger partial charge is 0.264 e. The van der Waals surface area contributed by atoms with Gasteiger partial charge in [0, 0.05) is 29.4 Å². The molecule has 1 aromatic heterocycles. The van der Waals surface area contributed by atoms with Gasteiger partial charge in [0.2, 0.25) is 0 Å². The Kier molecular flexibility index (Phi) is 8.05. The van der Waals surface area contributed by atoms with Crippen molar-refractivity contribution < 1.29 is 21.6 Å². The SMILES string of the molecule is CSc1ccc(S(=O)(=O)N(C)c2ccc(C(=O)Nc3ccc(S(=O)(=O)Nc4cccnc4)cc3)cc2)cc1. The number of hydrogen-bond donors (Lipinski definition) is 2. The predicted molar refractivity (Wildman–Crippen MR) is 150 cm³/mol. The molecule has 0 saturated carbocycles. The zero-order chi connectivity index (χ0) is 27.3. The third kappa shape index (κ3) is 6.15. The van der Waals surface area contributed by atoms with Gasteiger partial charge < -0.3 is 5.32 Å². The van der Waals surface area contributed by atoms with Gasteiger partial charge in [0.05, 0.1) is 27.4 Å². The predicted octanol–water partition coefficient (Wildman–Crippen LogP) is 4.68. The number of hydrogen-bond acceptors (Lipinski definition) is 7. The zero-order valence-electron chi connectivity index (χ0n) is 20.4. The number of carbonyl (C=O) groups excluding carboxylic acids is 1. The van der Waals surface area contributed by atoms with Crippen LogP contribution in [0.25, 0.3) is 0 Å². The van der Waals surface area contributed by atoms with Crippen molar-refractivity contribution in [2.45, 2.75) is 14.7 Å². The van der Waals surface area contributed by atoms with Gasteiger partial charge in [-0.2, -0.15) is 0 Å². The van der Waals surface area contributed by atoms with Crippen molar-refractivity contribution in [1.82, 2.24) is 4.98 Å². The lowest BCUT2D eigenvalue weighted by molar-refractivity contribution is 0.102.